The minimum Gasteiger partial charge on any atom is -0.307 e. The van der Waals surface area contributed by atoms with Gasteiger partial charge in [0.2, 0.25) is 0 Å². The lowest BCUT2D eigenvalue weighted by Crippen LogP contribution is -2.18. The molecule has 1 saturated carbocycles. The first-order valence-electron chi connectivity index (χ1n) is 7.89. The lowest BCUT2D eigenvalue weighted by Gasteiger charge is -2.18. The first-order valence-corrected chi connectivity index (χ1v) is 7.89. The van der Waals surface area contributed by atoms with Crippen molar-refractivity contribution in [3.05, 3.63) is 0 Å². The molecule has 0 spiro atoms. The van der Waals surface area contributed by atoms with Gasteiger partial charge in [0.25, 0.3) is 0 Å². The molecule has 1 rings (SSSR count). The fraction of sp³-hybridized carbons (Fsp3) is 1.00. The predicted octanol–water partition coefficient (Wildman–Crippen LogP) is 5.35. The van der Waals surface area contributed by atoms with E-state index in [2.05, 4.69) is 32.7 Å². The maximum Gasteiger partial charge on any atom is -0.00219 e. The van der Waals surface area contributed by atoms with Crippen LogP contribution in [0.15, 0.2) is 0 Å². The number of nitrogens with zero attached hydrogens (tertiary/aromatic N) is 1. The zero-order valence-electron chi connectivity index (χ0n) is 13.4. The van der Waals surface area contributed by atoms with E-state index in [0.29, 0.717) is 0 Å². The van der Waals surface area contributed by atoms with E-state index in [0.717, 1.165) is 5.92 Å². The molecule has 0 radical (unpaired) electrons. The minimum absolute atomic E-state index is 1.06. The van der Waals surface area contributed by atoms with Crippen LogP contribution < -0.4 is 0 Å². The van der Waals surface area contributed by atoms with Crippen molar-refractivity contribution in [2.45, 2.75) is 79.6 Å². The highest BCUT2D eigenvalue weighted by Crippen LogP contribution is 2.24. The molecule has 0 saturated heterocycles. The third-order valence-corrected chi connectivity index (χ3v) is 3.33. The van der Waals surface area contributed by atoms with E-state index < -0.39 is 0 Å². The zero-order valence-corrected chi connectivity index (χ0v) is 13.4. The fourth-order valence-corrected chi connectivity index (χ4v) is 1.58. The van der Waals surface area contributed by atoms with Crippen molar-refractivity contribution in [2.24, 2.45) is 5.92 Å². The van der Waals surface area contributed by atoms with Gasteiger partial charge in [-0.3, -0.25) is 0 Å². The first kappa shape index (κ1) is 19.3. The Morgan fingerprint density at radius 1 is 1.00 bits per heavy atom. The van der Waals surface area contributed by atoms with Gasteiger partial charge in [-0.05, 0) is 32.5 Å². The maximum absolute atomic E-state index is 2.37. The van der Waals surface area contributed by atoms with E-state index in [9.17, 15) is 0 Å². The monoisotopic (exact) mass is 243 g/mol. The van der Waals surface area contributed by atoms with E-state index in [1.54, 1.807) is 0 Å². The van der Waals surface area contributed by atoms with Crippen LogP contribution in [0, 0.1) is 5.92 Å². The van der Waals surface area contributed by atoms with Crippen molar-refractivity contribution < 1.29 is 0 Å². The third-order valence-electron chi connectivity index (χ3n) is 3.33. The van der Waals surface area contributed by atoms with Crippen LogP contribution in [-0.2, 0) is 0 Å². The molecule has 106 valence electrons. The highest BCUT2D eigenvalue weighted by atomic mass is 15.1. The molecular weight excluding hydrogens is 206 g/mol. The SMILES string of the molecule is CC.CC1CCC1.CCCCCCN(C)CC. The molecule has 0 aromatic carbocycles. The summed E-state index contributed by atoms with van der Waals surface area (Å²) in [5.74, 6) is 1.06. The molecule has 0 aromatic rings. The summed E-state index contributed by atoms with van der Waals surface area (Å²) < 4.78 is 0. The summed E-state index contributed by atoms with van der Waals surface area (Å²) in [6.07, 6.45) is 9.98. The molecule has 17 heavy (non-hydrogen) atoms. The van der Waals surface area contributed by atoms with Gasteiger partial charge in [-0.25, -0.2) is 0 Å². The summed E-state index contributed by atoms with van der Waals surface area (Å²) in [6, 6.07) is 0. The molecule has 0 heterocycles. The summed E-state index contributed by atoms with van der Waals surface area (Å²) in [5, 5.41) is 0. The van der Waals surface area contributed by atoms with E-state index in [1.807, 2.05) is 13.8 Å². The normalized spacial score (nSPS) is 14.3. The number of unbranched alkanes of at least 4 members (excludes halogenated alkanes) is 3. The second-order valence-electron chi connectivity index (χ2n) is 4.99. The van der Waals surface area contributed by atoms with Crippen LogP contribution in [0.1, 0.15) is 79.6 Å². The Balaban J connectivity index is 0. The molecule has 0 aromatic heterocycles. The highest BCUT2D eigenvalue weighted by molar-refractivity contribution is 4.62. The Hall–Kier alpha value is -0.0400. The highest BCUT2D eigenvalue weighted by Gasteiger charge is 2.09. The predicted molar refractivity (Wildman–Crippen MR) is 81.7 cm³/mol. The topological polar surface area (TPSA) is 3.24 Å². The molecule has 0 bridgehead atoms. The van der Waals surface area contributed by atoms with Crippen molar-refractivity contribution in [3.63, 3.8) is 0 Å². The Labute approximate surface area is 111 Å². The van der Waals surface area contributed by atoms with Crippen LogP contribution in [0.5, 0.6) is 0 Å². The first-order chi connectivity index (χ1) is 8.20. The van der Waals surface area contributed by atoms with Crippen molar-refractivity contribution in [1.82, 2.24) is 4.90 Å². The molecule has 0 unspecified atom stereocenters. The van der Waals surface area contributed by atoms with Gasteiger partial charge in [0, 0.05) is 0 Å². The van der Waals surface area contributed by atoms with Crippen molar-refractivity contribution in [1.29, 1.82) is 0 Å². The number of rotatable bonds is 6. The molecule has 0 amide bonds. The van der Waals surface area contributed by atoms with Crippen LogP contribution in [0.3, 0.4) is 0 Å². The average Bonchev–Trinajstić information content (AvgIpc) is 2.35. The molecular formula is C16H37N. The van der Waals surface area contributed by atoms with Gasteiger partial charge in [0.05, 0.1) is 0 Å². The zero-order chi connectivity index (χ0) is 13.5. The van der Waals surface area contributed by atoms with E-state index >= 15 is 0 Å². The van der Waals surface area contributed by atoms with Crippen LogP contribution in [-0.4, -0.2) is 25.0 Å². The number of hydrogen-bond donors (Lipinski definition) is 0. The van der Waals surface area contributed by atoms with Gasteiger partial charge in [0.1, 0.15) is 0 Å². The lowest BCUT2D eigenvalue weighted by molar-refractivity contribution is 0.341. The molecule has 1 nitrogen and oxygen atoms in total. The summed E-state index contributed by atoms with van der Waals surface area (Å²) in [5.41, 5.74) is 0. The quantitative estimate of drug-likeness (QED) is 0.568. The Bertz CT molecular complexity index is 119. The molecule has 0 aliphatic heterocycles. The van der Waals surface area contributed by atoms with Gasteiger partial charge in [0.15, 0.2) is 0 Å². The van der Waals surface area contributed by atoms with Gasteiger partial charge in [-0.15, -0.1) is 0 Å². The van der Waals surface area contributed by atoms with Gasteiger partial charge in [-0.1, -0.05) is 73.1 Å². The standard InChI is InChI=1S/C9H21N.C5H10.C2H6/c1-4-6-7-8-9-10(3)5-2;1-5-3-2-4-5;1-2/h4-9H2,1-3H3;5H,2-4H2,1H3;1-2H3. The van der Waals surface area contributed by atoms with Crippen molar-refractivity contribution in [2.75, 3.05) is 20.1 Å². The summed E-state index contributed by atoms with van der Waals surface area (Å²) >= 11 is 0. The minimum atomic E-state index is 1.06. The Morgan fingerprint density at radius 3 is 1.82 bits per heavy atom. The van der Waals surface area contributed by atoms with Gasteiger partial charge < -0.3 is 4.90 Å². The molecule has 0 N–H and O–H groups in total. The summed E-state index contributed by atoms with van der Waals surface area (Å²) in [6.45, 7) is 13.2. The second kappa shape index (κ2) is 16.0. The lowest BCUT2D eigenvalue weighted by atomic mass is 9.88. The van der Waals surface area contributed by atoms with Crippen molar-refractivity contribution in [3.8, 4) is 0 Å². The van der Waals surface area contributed by atoms with Crippen molar-refractivity contribution >= 4 is 0 Å². The van der Waals surface area contributed by atoms with E-state index in [4.69, 9.17) is 0 Å². The van der Waals surface area contributed by atoms with E-state index in [-0.39, 0.29) is 0 Å². The van der Waals surface area contributed by atoms with Crippen LogP contribution in [0.25, 0.3) is 0 Å². The molecule has 1 fully saturated rings. The largest absolute Gasteiger partial charge is 0.307 e. The van der Waals surface area contributed by atoms with Gasteiger partial charge in [-0.2, -0.15) is 0 Å². The van der Waals surface area contributed by atoms with E-state index in [1.165, 1.54) is 58.0 Å². The summed E-state index contributed by atoms with van der Waals surface area (Å²) in [7, 11) is 2.19. The Kier molecular flexibility index (Phi) is 18.1. The molecule has 1 heteroatoms. The number of hydrogen-bond acceptors (Lipinski definition) is 1. The van der Waals surface area contributed by atoms with Crippen LogP contribution >= 0.6 is 0 Å². The molecule has 1 aliphatic rings. The van der Waals surface area contributed by atoms with Crippen LogP contribution in [0.4, 0.5) is 0 Å². The third kappa shape index (κ3) is 16.0. The maximum atomic E-state index is 2.37. The molecule has 1 aliphatic carbocycles. The fourth-order valence-electron chi connectivity index (χ4n) is 1.58. The molecule has 0 atom stereocenters. The van der Waals surface area contributed by atoms with Gasteiger partial charge >= 0.3 is 0 Å². The smallest absolute Gasteiger partial charge is 0.00219 e. The second-order valence-corrected chi connectivity index (χ2v) is 4.99. The summed E-state index contributed by atoms with van der Waals surface area (Å²) in [4.78, 5) is 2.37. The Morgan fingerprint density at radius 2 is 1.53 bits per heavy atom. The average molecular weight is 243 g/mol. The van der Waals surface area contributed by atoms with Crippen LogP contribution in [0.2, 0.25) is 0 Å².